The Kier molecular flexibility index (Phi) is 4.98. The van der Waals surface area contributed by atoms with E-state index >= 15 is 0 Å². The highest BCUT2D eigenvalue weighted by molar-refractivity contribution is 6.45. The zero-order valence-electron chi connectivity index (χ0n) is 11.8. The molecular weight excluding hydrogens is 253 g/mol. The lowest BCUT2D eigenvalue weighted by molar-refractivity contribution is -0.150. The third-order valence-corrected chi connectivity index (χ3v) is 3.58. The van der Waals surface area contributed by atoms with E-state index in [1.54, 1.807) is 11.6 Å². The monoisotopic (exact) mass is 273 g/mol. The number of carbonyl (C=O) groups excluding carboxylic acids is 1. The molecule has 1 atom stereocenters. The molecule has 1 aliphatic rings. The normalized spacial score (nSPS) is 19.7. The van der Waals surface area contributed by atoms with Gasteiger partial charge in [0, 0.05) is 0 Å². The van der Waals surface area contributed by atoms with Crippen molar-refractivity contribution in [2.75, 3.05) is 6.54 Å². The van der Waals surface area contributed by atoms with E-state index in [2.05, 4.69) is 6.58 Å². The van der Waals surface area contributed by atoms with Crippen LogP contribution in [0.2, 0.25) is 6.82 Å². The van der Waals surface area contributed by atoms with Crippen LogP contribution in [0.25, 0.3) is 0 Å². The molecule has 0 radical (unpaired) electrons. The maximum Gasteiger partial charge on any atom is 0.377 e. The fourth-order valence-electron chi connectivity index (χ4n) is 2.43. The molecule has 4 nitrogen and oxygen atoms in total. The third-order valence-electron chi connectivity index (χ3n) is 3.58. The fraction of sp³-hybridized carbons (Fsp3) is 0.400. The Morgan fingerprint density at radius 3 is 2.85 bits per heavy atom. The van der Waals surface area contributed by atoms with E-state index in [9.17, 15) is 9.82 Å². The standard InChI is InChI=1S/C15H20BNO3/c1-12-8-9-17(16(2)19)14(10-12)15(18)20-11-13-6-4-3-5-7-13/h3-7,14,19H,1,8-11H2,2H3/t14-/m1/s1. The first kappa shape index (κ1) is 14.8. The Bertz CT molecular complexity index is 475. The molecular formula is C15H20BNO3. The van der Waals surface area contributed by atoms with Gasteiger partial charge in [0.15, 0.2) is 0 Å². The Hall–Kier alpha value is -1.59. The molecule has 0 aromatic heterocycles. The molecule has 0 unspecified atom stereocenters. The summed E-state index contributed by atoms with van der Waals surface area (Å²) in [6, 6.07) is 9.14. The second kappa shape index (κ2) is 6.73. The highest BCUT2D eigenvalue weighted by Gasteiger charge is 2.35. The number of benzene rings is 1. The highest BCUT2D eigenvalue weighted by Crippen LogP contribution is 2.22. The summed E-state index contributed by atoms with van der Waals surface area (Å²) in [6.45, 7) is 6.52. The number of hydrogen-bond donors (Lipinski definition) is 1. The Morgan fingerprint density at radius 1 is 1.50 bits per heavy atom. The third kappa shape index (κ3) is 3.71. The second-order valence-electron chi connectivity index (χ2n) is 5.18. The van der Waals surface area contributed by atoms with Crippen molar-refractivity contribution in [2.24, 2.45) is 0 Å². The van der Waals surface area contributed by atoms with Crippen LogP contribution in [0.1, 0.15) is 18.4 Å². The molecule has 1 heterocycles. The second-order valence-corrected chi connectivity index (χ2v) is 5.18. The van der Waals surface area contributed by atoms with E-state index in [1.807, 2.05) is 30.3 Å². The maximum atomic E-state index is 12.2. The number of nitrogens with zero attached hydrogens (tertiary/aromatic N) is 1. The van der Waals surface area contributed by atoms with E-state index in [0.717, 1.165) is 17.6 Å². The lowest BCUT2D eigenvalue weighted by Crippen LogP contribution is -2.52. The summed E-state index contributed by atoms with van der Waals surface area (Å²) in [5, 5.41) is 9.76. The highest BCUT2D eigenvalue weighted by atomic mass is 16.5. The van der Waals surface area contributed by atoms with Crippen molar-refractivity contribution in [1.82, 2.24) is 4.81 Å². The average Bonchev–Trinajstić information content (AvgIpc) is 2.45. The molecule has 0 aliphatic carbocycles. The minimum Gasteiger partial charge on any atom is -0.460 e. The number of esters is 1. The molecule has 1 aliphatic heterocycles. The van der Waals surface area contributed by atoms with Crippen molar-refractivity contribution in [3.63, 3.8) is 0 Å². The van der Waals surface area contributed by atoms with Gasteiger partial charge in [-0.1, -0.05) is 42.5 Å². The lowest BCUT2D eigenvalue weighted by atomic mass is 9.79. The van der Waals surface area contributed by atoms with Gasteiger partial charge in [0.25, 0.3) is 0 Å². The number of hydrogen-bond acceptors (Lipinski definition) is 4. The first-order chi connectivity index (χ1) is 9.58. The van der Waals surface area contributed by atoms with Gasteiger partial charge in [-0.15, -0.1) is 0 Å². The van der Waals surface area contributed by atoms with Gasteiger partial charge in [-0.2, -0.15) is 0 Å². The SMILES string of the molecule is C=C1CCN(B(C)O)[C@@H](C(=O)OCc2ccccc2)C1. The van der Waals surface area contributed by atoms with Gasteiger partial charge in [0.05, 0.1) is 0 Å². The summed E-state index contributed by atoms with van der Waals surface area (Å²) < 4.78 is 5.36. The van der Waals surface area contributed by atoms with Crippen molar-refractivity contribution >= 4 is 13.0 Å². The number of ether oxygens (including phenoxy) is 1. The summed E-state index contributed by atoms with van der Waals surface area (Å²) in [4.78, 5) is 14.0. The fourth-order valence-corrected chi connectivity index (χ4v) is 2.43. The van der Waals surface area contributed by atoms with E-state index < -0.39 is 13.1 Å². The lowest BCUT2D eigenvalue weighted by Gasteiger charge is -2.35. The van der Waals surface area contributed by atoms with Crippen molar-refractivity contribution in [3.05, 3.63) is 48.0 Å². The van der Waals surface area contributed by atoms with E-state index in [1.165, 1.54) is 0 Å². The Balaban J connectivity index is 1.97. The zero-order chi connectivity index (χ0) is 14.5. The first-order valence-electron chi connectivity index (χ1n) is 6.89. The van der Waals surface area contributed by atoms with Crippen LogP contribution in [0.3, 0.4) is 0 Å². The summed E-state index contributed by atoms with van der Waals surface area (Å²) in [5.41, 5.74) is 1.99. The van der Waals surface area contributed by atoms with E-state index in [4.69, 9.17) is 4.74 Å². The van der Waals surface area contributed by atoms with Gasteiger partial charge in [0.2, 0.25) is 0 Å². The molecule has 20 heavy (non-hydrogen) atoms. The van der Waals surface area contributed by atoms with Crippen molar-refractivity contribution < 1.29 is 14.6 Å². The smallest absolute Gasteiger partial charge is 0.377 e. The predicted octanol–water partition coefficient (Wildman–Crippen LogP) is 1.86. The molecule has 0 spiro atoms. The van der Waals surface area contributed by atoms with Gasteiger partial charge in [0.1, 0.15) is 12.6 Å². The van der Waals surface area contributed by atoms with Crippen molar-refractivity contribution in [1.29, 1.82) is 0 Å². The maximum absolute atomic E-state index is 12.2. The van der Waals surface area contributed by atoms with Crippen LogP contribution in [0.5, 0.6) is 0 Å². The predicted molar refractivity (Wildman–Crippen MR) is 78.9 cm³/mol. The topological polar surface area (TPSA) is 49.8 Å². The Morgan fingerprint density at radius 2 is 2.20 bits per heavy atom. The zero-order valence-corrected chi connectivity index (χ0v) is 11.8. The molecule has 1 fully saturated rings. The van der Waals surface area contributed by atoms with E-state index in [-0.39, 0.29) is 12.6 Å². The minimum atomic E-state index is -0.655. The molecule has 1 saturated heterocycles. The molecule has 0 amide bonds. The van der Waals surface area contributed by atoms with Crippen LogP contribution < -0.4 is 0 Å². The van der Waals surface area contributed by atoms with Gasteiger partial charge >= 0.3 is 13.0 Å². The van der Waals surface area contributed by atoms with Crippen LogP contribution in [0.15, 0.2) is 42.5 Å². The molecule has 1 aromatic carbocycles. The van der Waals surface area contributed by atoms with E-state index in [0.29, 0.717) is 13.0 Å². The first-order valence-corrected chi connectivity index (χ1v) is 6.89. The van der Waals surface area contributed by atoms with Gasteiger partial charge < -0.3 is 14.6 Å². The number of rotatable bonds is 4. The Labute approximate surface area is 120 Å². The average molecular weight is 273 g/mol. The summed E-state index contributed by atoms with van der Waals surface area (Å²) in [5.74, 6) is -0.296. The molecule has 2 rings (SSSR count). The number of piperidine rings is 1. The van der Waals surface area contributed by atoms with Gasteiger partial charge in [-0.05, 0) is 31.8 Å². The van der Waals surface area contributed by atoms with Crippen LogP contribution >= 0.6 is 0 Å². The summed E-state index contributed by atoms with van der Waals surface area (Å²) >= 11 is 0. The quantitative estimate of drug-likeness (QED) is 0.517. The number of carbonyl (C=O) groups is 1. The van der Waals surface area contributed by atoms with Crippen molar-refractivity contribution in [2.45, 2.75) is 32.3 Å². The van der Waals surface area contributed by atoms with Gasteiger partial charge in [-0.3, -0.25) is 4.79 Å². The molecule has 0 bridgehead atoms. The van der Waals surface area contributed by atoms with Crippen LogP contribution in [0, 0.1) is 0 Å². The molecule has 1 aromatic rings. The molecule has 5 heteroatoms. The van der Waals surface area contributed by atoms with Gasteiger partial charge in [-0.25, -0.2) is 0 Å². The van der Waals surface area contributed by atoms with Crippen molar-refractivity contribution in [3.8, 4) is 0 Å². The summed E-state index contributed by atoms with van der Waals surface area (Å²) in [7, 11) is -0.655. The molecule has 106 valence electrons. The van der Waals surface area contributed by atoms with Crippen LogP contribution in [-0.4, -0.2) is 35.4 Å². The molecule has 1 N–H and O–H groups in total. The molecule has 0 saturated carbocycles. The largest absolute Gasteiger partial charge is 0.460 e. The minimum absolute atomic E-state index is 0.260. The van der Waals surface area contributed by atoms with Crippen LogP contribution in [-0.2, 0) is 16.1 Å². The van der Waals surface area contributed by atoms with Crippen LogP contribution in [0.4, 0.5) is 0 Å². The summed E-state index contributed by atoms with van der Waals surface area (Å²) in [6.07, 6.45) is 1.37.